The molecule has 0 bridgehead atoms. The van der Waals surface area contributed by atoms with Gasteiger partial charge in [-0.3, -0.25) is 9.80 Å². The third-order valence-corrected chi connectivity index (χ3v) is 5.56. The van der Waals surface area contributed by atoms with Crippen LogP contribution in [0.1, 0.15) is 51.9 Å². The van der Waals surface area contributed by atoms with Crippen LogP contribution in [-0.4, -0.2) is 60.1 Å². The molecule has 112 valence electrons. The Morgan fingerprint density at radius 2 is 1.89 bits per heavy atom. The van der Waals surface area contributed by atoms with Gasteiger partial charge in [-0.2, -0.15) is 11.8 Å². The van der Waals surface area contributed by atoms with Gasteiger partial charge in [0, 0.05) is 25.2 Å². The highest BCUT2D eigenvalue weighted by atomic mass is 32.2. The molecule has 3 heteroatoms. The van der Waals surface area contributed by atoms with Crippen LogP contribution in [0.5, 0.6) is 0 Å². The van der Waals surface area contributed by atoms with Crippen LogP contribution in [0.25, 0.3) is 0 Å². The second-order valence-corrected chi connectivity index (χ2v) is 7.38. The molecule has 2 atom stereocenters. The van der Waals surface area contributed by atoms with E-state index in [1.807, 2.05) is 11.8 Å². The molecular formula is C16H32N2S. The molecule has 0 aromatic heterocycles. The zero-order valence-electron chi connectivity index (χ0n) is 12.9. The number of unbranched alkanes of at least 4 members (excludes halogenated alkanes) is 3. The number of piperidine rings is 1. The minimum absolute atomic E-state index is 0.778. The fraction of sp³-hybridized carbons (Fsp3) is 1.00. The lowest BCUT2D eigenvalue weighted by molar-refractivity contribution is 0.0146. The number of hydrogen-bond acceptors (Lipinski definition) is 3. The summed E-state index contributed by atoms with van der Waals surface area (Å²) in [4.78, 5) is 5.52. The zero-order chi connectivity index (χ0) is 13.5. The number of fused-ring (bicyclic) bond motifs is 1. The summed E-state index contributed by atoms with van der Waals surface area (Å²) >= 11 is 1.98. The predicted octanol–water partition coefficient (Wildman–Crippen LogP) is 3.47. The topological polar surface area (TPSA) is 6.48 Å². The first-order valence-electron chi connectivity index (χ1n) is 8.28. The minimum Gasteiger partial charge on any atom is -0.298 e. The monoisotopic (exact) mass is 284 g/mol. The maximum Gasteiger partial charge on any atom is 0.0223 e. The standard InChI is InChI=1S/C16H32N2S/c1-15-13-18-11-7-5-9-16(18)14-17(15)10-6-3-4-8-12-19-2/h15-16H,3-14H2,1-2H3. The van der Waals surface area contributed by atoms with Crippen molar-refractivity contribution in [2.75, 3.05) is 38.2 Å². The molecule has 0 aromatic carbocycles. The number of thioether (sulfide) groups is 1. The Morgan fingerprint density at radius 1 is 1.05 bits per heavy atom. The van der Waals surface area contributed by atoms with Gasteiger partial charge in [0.25, 0.3) is 0 Å². The van der Waals surface area contributed by atoms with Gasteiger partial charge in [0.15, 0.2) is 0 Å². The molecule has 0 N–H and O–H groups in total. The Bertz CT molecular complexity index is 247. The fourth-order valence-corrected chi connectivity index (χ4v) is 4.13. The number of hydrogen-bond donors (Lipinski definition) is 0. The largest absolute Gasteiger partial charge is 0.298 e. The lowest BCUT2D eigenvalue weighted by Crippen LogP contribution is -2.58. The van der Waals surface area contributed by atoms with Crippen LogP contribution in [0, 0.1) is 0 Å². The van der Waals surface area contributed by atoms with Gasteiger partial charge < -0.3 is 0 Å². The molecule has 2 fully saturated rings. The van der Waals surface area contributed by atoms with E-state index in [0.717, 1.165) is 12.1 Å². The minimum atomic E-state index is 0.778. The van der Waals surface area contributed by atoms with E-state index in [0.29, 0.717) is 0 Å². The molecule has 2 aliphatic rings. The molecule has 0 amide bonds. The van der Waals surface area contributed by atoms with Crippen molar-refractivity contribution >= 4 is 11.8 Å². The molecule has 2 aliphatic heterocycles. The predicted molar refractivity (Wildman–Crippen MR) is 87.1 cm³/mol. The highest BCUT2D eigenvalue weighted by Crippen LogP contribution is 2.24. The van der Waals surface area contributed by atoms with E-state index in [2.05, 4.69) is 23.0 Å². The lowest BCUT2D eigenvalue weighted by atomic mass is 9.97. The molecule has 2 rings (SSSR count). The summed E-state index contributed by atoms with van der Waals surface area (Å²) in [6, 6.07) is 1.65. The first-order chi connectivity index (χ1) is 9.31. The van der Waals surface area contributed by atoms with E-state index >= 15 is 0 Å². The van der Waals surface area contributed by atoms with Crippen LogP contribution in [0.15, 0.2) is 0 Å². The summed E-state index contributed by atoms with van der Waals surface area (Å²) in [5.41, 5.74) is 0. The van der Waals surface area contributed by atoms with Crippen molar-refractivity contribution in [1.29, 1.82) is 0 Å². The van der Waals surface area contributed by atoms with Crippen molar-refractivity contribution in [1.82, 2.24) is 9.80 Å². The summed E-state index contributed by atoms with van der Waals surface area (Å²) in [5.74, 6) is 1.34. The van der Waals surface area contributed by atoms with E-state index in [4.69, 9.17) is 0 Å². The molecule has 0 radical (unpaired) electrons. The van der Waals surface area contributed by atoms with Crippen molar-refractivity contribution in [3.63, 3.8) is 0 Å². The van der Waals surface area contributed by atoms with Gasteiger partial charge in [-0.15, -0.1) is 0 Å². The quantitative estimate of drug-likeness (QED) is 0.661. The average molecular weight is 285 g/mol. The van der Waals surface area contributed by atoms with Gasteiger partial charge in [-0.25, -0.2) is 0 Å². The molecular weight excluding hydrogens is 252 g/mol. The molecule has 2 saturated heterocycles. The Kier molecular flexibility index (Phi) is 7.03. The highest BCUT2D eigenvalue weighted by molar-refractivity contribution is 7.98. The molecule has 0 aromatic rings. The Hall–Kier alpha value is 0.270. The van der Waals surface area contributed by atoms with Crippen LogP contribution in [0.4, 0.5) is 0 Å². The van der Waals surface area contributed by atoms with Crippen molar-refractivity contribution in [2.45, 2.75) is 64.0 Å². The highest BCUT2D eigenvalue weighted by Gasteiger charge is 2.32. The molecule has 2 unspecified atom stereocenters. The van der Waals surface area contributed by atoms with Gasteiger partial charge >= 0.3 is 0 Å². The Labute approximate surface area is 124 Å². The third kappa shape index (κ3) is 4.95. The summed E-state index contributed by atoms with van der Waals surface area (Å²) in [6.07, 6.45) is 12.2. The second-order valence-electron chi connectivity index (χ2n) is 6.40. The average Bonchev–Trinajstić information content (AvgIpc) is 2.43. The van der Waals surface area contributed by atoms with E-state index in [1.165, 1.54) is 76.9 Å². The van der Waals surface area contributed by atoms with Crippen LogP contribution in [0.2, 0.25) is 0 Å². The maximum absolute atomic E-state index is 2.76. The van der Waals surface area contributed by atoms with Crippen molar-refractivity contribution in [3.05, 3.63) is 0 Å². The van der Waals surface area contributed by atoms with Crippen molar-refractivity contribution < 1.29 is 0 Å². The van der Waals surface area contributed by atoms with E-state index in [-0.39, 0.29) is 0 Å². The van der Waals surface area contributed by atoms with Crippen LogP contribution < -0.4 is 0 Å². The summed E-state index contributed by atoms with van der Waals surface area (Å²) < 4.78 is 0. The smallest absolute Gasteiger partial charge is 0.0223 e. The van der Waals surface area contributed by atoms with Gasteiger partial charge in [0.1, 0.15) is 0 Å². The van der Waals surface area contributed by atoms with Crippen LogP contribution in [-0.2, 0) is 0 Å². The molecule has 19 heavy (non-hydrogen) atoms. The summed E-state index contributed by atoms with van der Waals surface area (Å²) in [5, 5.41) is 0. The molecule has 0 spiro atoms. The van der Waals surface area contributed by atoms with Crippen molar-refractivity contribution in [3.8, 4) is 0 Å². The molecule has 2 heterocycles. The van der Waals surface area contributed by atoms with Crippen LogP contribution in [0.3, 0.4) is 0 Å². The molecule has 2 nitrogen and oxygen atoms in total. The Morgan fingerprint density at radius 3 is 2.74 bits per heavy atom. The third-order valence-electron chi connectivity index (χ3n) is 4.86. The SMILES string of the molecule is CSCCCCCCN1CC2CCCCN2CC1C. The number of piperazine rings is 1. The van der Waals surface area contributed by atoms with E-state index < -0.39 is 0 Å². The number of rotatable bonds is 7. The summed E-state index contributed by atoms with van der Waals surface area (Å²) in [6.45, 7) is 7.78. The fourth-order valence-electron chi connectivity index (χ4n) is 3.64. The van der Waals surface area contributed by atoms with Gasteiger partial charge in [0.05, 0.1) is 0 Å². The lowest BCUT2D eigenvalue weighted by Gasteiger charge is -2.47. The molecule has 0 saturated carbocycles. The first kappa shape index (κ1) is 15.7. The second kappa shape index (κ2) is 8.53. The van der Waals surface area contributed by atoms with Crippen LogP contribution >= 0.6 is 11.8 Å². The van der Waals surface area contributed by atoms with E-state index in [9.17, 15) is 0 Å². The maximum atomic E-state index is 2.76. The normalized spacial score (nSPS) is 29.4. The zero-order valence-corrected chi connectivity index (χ0v) is 13.8. The molecule has 0 aliphatic carbocycles. The summed E-state index contributed by atoms with van der Waals surface area (Å²) in [7, 11) is 0. The number of nitrogens with zero attached hydrogens (tertiary/aromatic N) is 2. The Balaban J connectivity index is 1.63. The first-order valence-corrected chi connectivity index (χ1v) is 9.67. The van der Waals surface area contributed by atoms with Crippen molar-refractivity contribution in [2.24, 2.45) is 0 Å². The van der Waals surface area contributed by atoms with Gasteiger partial charge in [0.2, 0.25) is 0 Å². The van der Waals surface area contributed by atoms with Gasteiger partial charge in [-0.1, -0.05) is 19.3 Å². The van der Waals surface area contributed by atoms with Gasteiger partial charge in [-0.05, 0) is 57.7 Å². The van der Waals surface area contributed by atoms with E-state index in [1.54, 1.807) is 0 Å².